The Morgan fingerprint density at radius 3 is 2.69 bits per heavy atom. The number of hydrogen-bond acceptors (Lipinski definition) is 5. The van der Waals surface area contributed by atoms with E-state index < -0.39 is 0 Å². The first-order valence-electron chi connectivity index (χ1n) is 5.94. The van der Waals surface area contributed by atoms with Crippen molar-refractivity contribution in [2.24, 2.45) is 0 Å². The van der Waals surface area contributed by atoms with Gasteiger partial charge in [-0.2, -0.15) is 0 Å². The second-order valence-electron chi connectivity index (χ2n) is 4.14. The normalized spacial score (nSPS) is 18.6. The van der Waals surface area contributed by atoms with E-state index in [1.54, 1.807) is 16.4 Å². The Balaban J connectivity index is 1.93. The van der Waals surface area contributed by atoms with Crippen molar-refractivity contribution >= 4 is 11.8 Å². The molecular formula is C10H18N4OS. The molecule has 0 unspecified atom stereocenters. The molecule has 90 valence electrons. The van der Waals surface area contributed by atoms with E-state index in [4.69, 9.17) is 5.11 Å². The fourth-order valence-corrected chi connectivity index (χ4v) is 3.23. The Bertz CT molecular complexity index is 310. The lowest BCUT2D eigenvalue weighted by atomic mass is 10.2. The lowest BCUT2D eigenvalue weighted by Crippen LogP contribution is -2.08. The zero-order chi connectivity index (χ0) is 11.2. The van der Waals surface area contributed by atoms with E-state index in [9.17, 15) is 0 Å². The van der Waals surface area contributed by atoms with Gasteiger partial charge in [0, 0.05) is 5.25 Å². The van der Waals surface area contributed by atoms with Gasteiger partial charge < -0.3 is 5.11 Å². The molecule has 1 fully saturated rings. The monoisotopic (exact) mass is 242 g/mol. The zero-order valence-corrected chi connectivity index (χ0v) is 10.2. The van der Waals surface area contributed by atoms with Gasteiger partial charge in [0.2, 0.25) is 5.16 Å². The Labute approximate surface area is 99.6 Å². The van der Waals surface area contributed by atoms with Gasteiger partial charge in [-0.3, -0.25) is 0 Å². The quantitative estimate of drug-likeness (QED) is 0.810. The average Bonchev–Trinajstić information content (AvgIpc) is 2.56. The van der Waals surface area contributed by atoms with Crippen LogP contribution in [0.5, 0.6) is 0 Å². The van der Waals surface area contributed by atoms with E-state index in [1.165, 1.54) is 38.5 Å². The summed E-state index contributed by atoms with van der Waals surface area (Å²) in [6.45, 7) is 0.575. The molecule has 0 spiro atoms. The van der Waals surface area contributed by atoms with Crippen molar-refractivity contribution in [1.29, 1.82) is 0 Å². The third-order valence-corrected chi connectivity index (χ3v) is 4.19. The molecule has 16 heavy (non-hydrogen) atoms. The standard InChI is InChI=1S/C10H18N4OS/c15-8-7-14-10(11-12-13-14)16-9-5-3-1-2-4-6-9/h9,15H,1-8H2. The summed E-state index contributed by atoms with van der Waals surface area (Å²) in [6, 6.07) is 0. The summed E-state index contributed by atoms with van der Waals surface area (Å²) in [7, 11) is 0. The van der Waals surface area contributed by atoms with Crippen molar-refractivity contribution < 1.29 is 5.11 Å². The molecule has 0 amide bonds. The second kappa shape index (κ2) is 6.20. The average molecular weight is 242 g/mol. The summed E-state index contributed by atoms with van der Waals surface area (Å²) in [5.74, 6) is 0. The molecule has 0 aromatic carbocycles. The van der Waals surface area contributed by atoms with Crippen molar-refractivity contribution in [2.45, 2.75) is 55.5 Å². The summed E-state index contributed by atoms with van der Waals surface area (Å²) in [5, 5.41) is 21.9. The van der Waals surface area contributed by atoms with Crippen molar-refractivity contribution in [3.05, 3.63) is 0 Å². The Hall–Kier alpha value is -0.620. The highest BCUT2D eigenvalue weighted by atomic mass is 32.2. The molecule has 0 aliphatic heterocycles. The van der Waals surface area contributed by atoms with Gasteiger partial charge in [0.25, 0.3) is 0 Å². The van der Waals surface area contributed by atoms with E-state index in [0.717, 1.165) is 5.16 Å². The van der Waals surface area contributed by atoms with Crippen LogP contribution in [-0.2, 0) is 6.54 Å². The van der Waals surface area contributed by atoms with Crippen LogP contribution in [0.2, 0.25) is 0 Å². The molecule has 5 nitrogen and oxygen atoms in total. The maximum Gasteiger partial charge on any atom is 0.209 e. The molecule has 1 saturated carbocycles. The van der Waals surface area contributed by atoms with Crippen LogP contribution in [0.1, 0.15) is 38.5 Å². The lowest BCUT2D eigenvalue weighted by Gasteiger charge is -2.12. The topological polar surface area (TPSA) is 63.8 Å². The van der Waals surface area contributed by atoms with Crippen LogP contribution in [0.4, 0.5) is 0 Å². The number of tetrazole rings is 1. The van der Waals surface area contributed by atoms with E-state index in [2.05, 4.69) is 15.5 Å². The third kappa shape index (κ3) is 3.18. The SMILES string of the molecule is OCCn1nnnc1SC1CCCCCC1. The Kier molecular flexibility index (Phi) is 4.59. The number of rotatable bonds is 4. The Morgan fingerprint density at radius 2 is 2.00 bits per heavy atom. The molecule has 1 heterocycles. The summed E-state index contributed by atoms with van der Waals surface area (Å²) in [4.78, 5) is 0. The first kappa shape index (κ1) is 11.9. The van der Waals surface area contributed by atoms with Crippen LogP contribution in [0.15, 0.2) is 5.16 Å². The molecule has 2 rings (SSSR count). The Morgan fingerprint density at radius 1 is 1.25 bits per heavy atom. The maximum atomic E-state index is 8.89. The van der Waals surface area contributed by atoms with Gasteiger partial charge in [0.05, 0.1) is 13.2 Å². The third-order valence-electron chi connectivity index (χ3n) is 2.89. The summed E-state index contributed by atoms with van der Waals surface area (Å²) >= 11 is 1.77. The smallest absolute Gasteiger partial charge is 0.209 e. The highest BCUT2D eigenvalue weighted by Crippen LogP contribution is 2.31. The minimum Gasteiger partial charge on any atom is -0.394 e. The first-order chi connectivity index (χ1) is 7.90. The summed E-state index contributed by atoms with van der Waals surface area (Å²) in [6.07, 6.45) is 7.88. The molecule has 0 bridgehead atoms. The fourth-order valence-electron chi connectivity index (χ4n) is 2.02. The molecule has 1 aromatic rings. The predicted molar refractivity (Wildman–Crippen MR) is 62.2 cm³/mol. The van der Waals surface area contributed by atoms with Crippen LogP contribution in [0.3, 0.4) is 0 Å². The minimum absolute atomic E-state index is 0.0866. The van der Waals surface area contributed by atoms with Crippen molar-refractivity contribution in [3.63, 3.8) is 0 Å². The van der Waals surface area contributed by atoms with Gasteiger partial charge in [-0.15, -0.1) is 5.10 Å². The number of hydrogen-bond donors (Lipinski definition) is 1. The highest BCUT2D eigenvalue weighted by molar-refractivity contribution is 7.99. The number of nitrogens with zero attached hydrogens (tertiary/aromatic N) is 4. The summed E-state index contributed by atoms with van der Waals surface area (Å²) in [5.41, 5.74) is 0. The molecule has 1 aromatic heterocycles. The highest BCUT2D eigenvalue weighted by Gasteiger charge is 2.17. The van der Waals surface area contributed by atoms with Gasteiger partial charge in [-0.1, -0.05) is 37.4 Å². The molecule has 0 atom stereocenters. The lowest BCUT2D eigenvalue weighted by molar-refractivity contribution is 0.262. The molecular weight excluding hydrogens is 224 g/mol. The molecule has 1 aliphatic rings. The van der Waals surface area contributed by atoms with Gasteiger partial charge in [-0.05, 0) is 23.3 Å². The molecule has 1 N–H and O–H groups in total. The van der Waals surface area contributed by atoms with Gasteiger partial charge in [0.15, 0.2) is 0 Å². The molecule has 6 heteroatoms. The van der Waals surface area contributed by atoms with Crippen LogP contribution in [0, 0.1) is 0 Å². The largest absolute Gasteiger partial charge is 0.394 e. The van der Waals surface area contributed by atoms with Crippen molar-refractivity contribution in [3.8, 4) is 0 Å². The zero-order valence-electron chi connectivity index (χ0n) is 9.38. The second-order valence-corrected chi connectivity index (χ2v) is 5.41. The first-order valence-corrected chi connectivity index (χ1v) is 6.82. The van der Waals surface area contributed by atoms with Crippen molar-refractivity contribution in [1.82, 2.24) is 20.2 Å². The van der Waals surface area contributed by atoms with E-state index in [-0.39, 0.29) is 6.61 Å². The van der Waals surface area contributed by atoms with Gasteiger partial charge in [-0.25, -0.2) is 4.68 Å². The van der Waals surface area contributed by atoms with E-state index >= 15 is 0 Å². The molecule has 1 aliphatic carbocycles. The van der Waals surface area contributed by atoms with E-state index in [1.807, 2.05) is 0 Å². The van der Waals surface area contributed by atoms with Crippen LogP contribution < -0.4 is 0 Å². The maximum absolute atomic E-state index is 8.89. The van der Waals surface area contributed by atoms with Crippen LogP contribution >= 0.6 is 11.8 Å². The van der Waals surface area contributed by atoms with E-state index in [0.29, 0.717) is 11.8 Å². The van der Waals surface area contributed by atoms with Gasteiger partial charge in [0.1, 0.15) is 0 Å². The number of thioether (sulfide) groups is 1. The molecule has 0 radical (unpaired) electrons. The molecule has 0 saturated heterocycles. The fraction of sp³-hybridized carbons (Fsp3) is 0.900. The number of aliphatic hydroxyl groups excluding tert-OH is 1. The number of aliphatic hydroxyl groups is 1. The van der Waals surface area contributed by atoms with Crippen LogP contribution in [0.25, 0.3) is 0 Å². The van der Waals surface area contributed by atoms with Gasteiger partial charge >= 0.3 is 0 Å². The summed E-state index contributed by atoms with van der Waals surface area (Å²) < 4.78 is 1.69. The predicted octanol–water partition coefficient (Wildman–Crippen LogP) is 1.48. The van der Waals surface area contributed by atoms with Crippen LogP contribution in [-0.4, -0.2) is 37.2 Å². The number of aromatic nitrogens is 4. The van der Waals surface area contributed by atoms with Crippen molar-refractivity contribution in [2.75, 3.05) is 6.61 Å². The minimum atomic E-state index is 0.0866.